The summed E-state index contributed by atoms with van der Waals surface area (Å²) in [4.78, 5) is 36.8. The van der Waals surface area contributed by atoms with Crippen molar-refractivity contribution in [2.75, 3.05) is 10.6 Å². The first kappa shape index (κ1) is 17.2. The monoisotopic (exact) mass is 381 g/mol. The van der Waals surface area contributed by atoms with Crippen molar-refractivity contribution in [1.82, 2.24) is 24.7 Å². The Morgan fingerprint density at radius 3 is 2.78 bits per heavy atom. The molecule has 0 saturated carbocycles. The van der Waals surface area contributed by atoms with Crippen LogP contribution in [0.2, 0.25) is 0 Å². The van der Waals surface area contributed by atoms with Crippen molar-refractivity contribution in [3.63, 3.8) is 0 Å². The molecule has 1 atom stereocenters. The lowest BCUT2D eigenvalue weighted by molar-refractivity contribution is -0.125. The van der Waals surface area contributed by atoms with Crippen molar-refractivity contribution < 1.29 is 9.59 Å². The highest BCUT2D eigenvalue weighted by atomic mass is 32.2. The summed E-state index contributed by atoms with van der Waals surface area (Å²) in [6, 6.07) is 10.8. The topological polar surface area (TPSA) is 115 Å². The van der Waals surface area contributed by atoms with Crippen LogP contribution in [0.1, 0.15) is 18.0 Å². The Labute approximate surface area is 158 Å². The van der Waals surface area contributed by atoms with E-state index in [1.807, 2.05) is 30.3 Å². The Bertz CT molecular complexity index is 962. The highest BCUT2D eigenvalue weighted by Gasteiger charge is 2.33. The van der Waals surface area contributed by atoms with E-state index in [1.165, 1.54) is 28.8 Å². The van der Waals surface area contributed by atoms with Crippen molar-refractivity contribution in [2.24, 2.45) is 0 Å². The van der Waals surface area contributed by atoms with Gasteiger partial charge in [0.2, 0.25) is 23.0 Å². The van der Waals surface area contributed by atoms with Gasteiger partial charge in [-0.1, -0.05) is 42.1 Å². The third-order valence-electron chi connectivity index (χ3n) is 3.85. The first-order valence-electron chi connectivity index (χ1n) is 8.20. The number of carbonyl (C=O) groups is 2. The van der Waals surface area contributed by atoms with Gasteiger partial charge in [0, 0.05) is 18.1 Å². The predicted molar refractivity (Wildman–Crippen MR) is 99.0 cm³/mol. The zero-order valence-electron chi connectivity index (χ0n) is 14.1. The van der Waals surface area contributed by atoms with Crippen molar-refractivity contribution >= 4 is 35.5 Å². The maximum absolute atomic E-state index is 12.6. The number of amides is 2. The van der Waals surface area contributed by atoms with Gasteiger partial charge in [0.25, 0.3) is 5.91 Å². The summed E-state index contributed by atoms with van der Waals surface area (Å²) < 4.78 is 1.44. The van der Waals surface area contributed by atoms with Gasteiger partial charge in [-0.15, -0.1) is 5.10 Å². The van der Waals surface area contributed by atoms with Crippen LogP contribution in [0.5, 0.6) is 0 Å². The molecule has 1 aliphatic rings. The number of hydrogen-bond donors (Lipinski definition) is 2. The lowest BCUT2D eigenvalue weighted by Crippen LogP contribution is -2.36. The number of carbonyl (C=O) groups excluding carboxylic acids is 2. The summed E-state index contributed by atoms with van der Waals surface area (Å²) in [6.07, 6.45) is 3.02. The molecule has 2 aromatic heterocycles. The Morgan fingerprint density at radius 2 is 2.00 bits per heavy atom. The fourth-order valence-electron chi connectivity index (χ4n) is 2.59. The second-order valence-electron chi connectivity index (χ2n) is 5.77. The van der Waals surface area contributed by atoms with Gasteiger partial charge in [-0.05, 0) is 11.6 Å². The van der Waals surface area contributed by atoms with Crippen molar-refractivity contribution in [3.05, 3.63) is 54.4 Å². The fourth-order valence-corrected chi connectivity index (χ4v) is 3.37. The standard InChI is InChI=1S/C17H15N7O2S/c25-13-9-12(14(26)21-15-18-7-4-8-19-15)24-16(20-13)22-17(23-24)27-10-11-5-2-1-3-6-11/h1-8,12H,9-10H2,(H,18,19,21,26)(H,20,22,23,25). The van der Waals surface area contributed by atoms with Gasteiger partial charge in [0.05, 0.1) is 6.42 Å². The van der Waals surface area contributed by atoms with Crippen molar-refractivity contribution in [1.29, 1.82) is 0 Å². The molecule has 2 N–H and O–H groups in total. The molecule has 3 heterocycles. The molecule has 3 aromatic rings. The van der Waals surface area contributed by atoms with E-state index in [4.69, 9.17) is 0 Å². The molecule has 2 amide bonds. The van der Waals surface area contributed by atoms with Crippen LogP contribution in [0.4, 0.5) is 11.9 Å². The SMILES string of the molecule is O=C1CC(C(=O)Nc2ncccn2)n2nc(SCc3ccccc3)nc2N1. The van der Waals surface area contributed by atoms with E-state index in [2.05, 4.69) is 30.7 Å². The normalized spacial score (nSPS) is 15.7. The summed E-state index contributed by atoms with van der Waals surface area (Å²) >= 11 is 1.44. The zero-order valence-corrected chi connectivity index (χ0v) is 14.9. The van der Waals surface area contributed by atoms with Crippen molar-refractivity contribution in [3.8, 4) is 0 Å². The highest BCUT2D eigenvalue weighted by Crippen LogP contribution is 2.28. The lowest BCUT2D eigenvalue weighted by atomic mass is 10.1. The van der Waals surface area contributed by atoms with E-state index in [9.17, 15) is 9.59 Å². The molecule has 10 heteroatoms. The molecule has 9 nitrogen and oxygen atoms in total. The molecule has 1 unspecified atom stereocenters. The molecule has 1 aromatic carbocycles. The summed E-state index contributed by atoms with van der Waals surface area (Å²) in [6.45, 7) is 0. The smallest absolute Gasteiger partial charge is 0.252 e. The zero-order chi connectivity index (χ0) is 18.6. The number of thioether (sulfide) groups is 1. The maximum Gasteiger partial charge on any atom is 0.252 e. The Morgan fingerprint density at radius 1 is 1.22 bits per heavy atom. The Balaban J connectivity index is 1.51. The first-order valence-corrected chi connectivity index (χ1v) is 9.18. The molecule has 0 bridgehead atoms. The van der Waals surface area contributed by atoms with Crippen LogP contribution in [0.3, 0.4) is 0 Å². The largest absolute Gasteiger partial charge is 0.295 e. The van der Waals surface area contributed by atoms with Crippen LogP contribution in [-0.2, 0) is 15.3 Å². The average Bonchev–Trinajstić information content (AvgIpc) is 3.10. The quantitative estimate of drug-likeness (QED) is 0.649. The third-order valence-corrected chi connectivity index (χ3v) is 4.76. The van der Waals surface area contributed by atoms with Gasteiger partial charge in [-0.25, -0.2) is 14.6 Å². The van der Waals surface area contributed by atoms with E-state index in [-0.39, 0.29) is 24.2 Å². The second kappa shape index (κ2) is 7.54. The lowest BCUT2D eigenvalue weighted by Gasteiger charge is -2.21. The number of rotatable bonds is 5. The first-order chi connectivity index (χ1) is 13.2. The molecule has 1 aliphatic heterocycles. The number of nitrogens with one attached hydrogen (secondary N) is 2. The number of aromatic nitrogens is 5. The number of fused-ring (bicyclic) bond motifs is 1. The summed E-state index contributed by atoms with van der Waals surface area (Å²) in [7, 11) is 0. The minimum atomic E-state index is -0.809. The van der Waals surface area contributed by atoms with Crippen LogP contribution < -0.4 is 10.6 Å². The van der Waals surface area contributed by atoms with Crippen LogP contribution >= 0.6 is 11.8 Å². The maximum atomic E-state index is 12.6. The predicted octanol–water partition coefficient (Wildman–Crippen LogP) is 1.88. The third kappa shape index (κ3) is 3.95. The van der Waals surface area contributed by atoms with E-state index >= 15 is 0 Å². The highest BCUT2D eigenvalue weighted by molar-refractivity contribution is 7.98. The van der Waals surface area contributed by atoms with Gasteiger partial charge in [-0.3, -0.25) is 20.2 Å². The Kier molecular flexibility index (Phi) is 4.79. The summed E-state index contributed by atoms with van der Waals surface area (Å²) in [5.41, 5.74) is 1.13. The van der Waals surface area contributed by atoms with Gasteiger partial charge < -0.3 is 0 Å². The molecule has 136 valence electrons. The number of benzene rings is 1. The average molecular weight is 381 g/mol. The molecular formula is C17H15N7O2S. The van der Waals surface area contributed by atoms with Crippen LogP contribution in [-0.4, -0.2) is 36.5 Å². The van der Waals surface area contributed by atoms with E-state index < -0.39 is 11.9 Å². The number of anilines is 2. The molecule has 0 saturated heterocycles. The molecule has 0 fully saturated rings. The van der Waals surface area contributed by atoms with Gasteiger partial charge >= 0.3 is 0 Å². The molecule has 0 spiro atoms. The van der Waals surface area contributed by atoms with E-state index in [0.29, 0.717) is 10.9 Å². The molecule has 0 radical (unpaired) electrons. The molecule has 27 heavy (non-hydrogen) atoms. The van der Waals surface area contributed by atoms with E-state index in [0.717, 1.165) is 5.56 Å². The minimum absolute atomic E-state index is 0.0299. The van der Waals surface area contributed by atoms with Crippen LogP contribution in [0.15, 0.2) is 53.9 Å². The van der Waals surface area contributed by atoms with Gasteiger partial charge in [0.15, 0.2) is 0 Å². The van der Waals surface area contributed by atoms with Gasteiger partial charge in [0.1, 0.15) is 6.04 Å². The van der Waals surface area contributed by atoms with E-state index in [1.54, 1.807) is 6.07 Å². The molecule has 0 aliphatic carbocycles. The van der Waals surface area contributed by atoms with Crippen molar-refractivity contribution in [2.45, 2.75) is 23.4 Å². The van der Waals surface area contributed by atoms with Crippen LogP contribution in [0.25, 0.3) is 0 Å². The van der Waals surface area contributed by atoms with Gasteiger partial charge in [-0.2, -0.15) is 4.98 Å². The molecule has 4 rings (SSSR count). The summed E-state index contributed by atoms with van der Waals surface area (Å²) in [5.74, 6) is 0.419. The molecular weight excluding hydrogens is 366 g/mol. The minimum Gasteiger partial charge on any atom is -0.295 e. The fraction of sp³-hybridized carbons (Fsp3) is 0.176. The number of nitrogens with zero attached hydrogens (tertiary/aromatic N) is 5. The Hall–Kier alpha value is -3.27. The number of hydrogen-bond acceptors (Lipinski definition) is 7. The summed E-state index contributed by atoms with van der Waals surface area (Å²) in [5, 5.41) is 10.1. The second-order valence-corrected chi connectivity index (χ2v) is 6.71. The van der Waals surface area contributed by atoms with Crippen LogP contribution in [0, 0.1) is 0 Å².